The molecule has 2 nitrogen and oxygen atoms in total. The third-order valence-corrected chi connectivity index (χ3v) is 7.72. The number of hydrogen-bond acceptors (Lipinski definition) is 0. The first-order valence-corrected chi connectivity index (χ1v) is 10.3. The SMILES string of the molecule is Cc1c(C)c(C)c2c(c1C)c([NH-])c(C)c1c2cc([NH-])c2c(C)c(C)c(C)c(C)c21.[Y].[Y].[Y].[Y].[Y].[Y]. The van der Waals surface area contributed by atoms with E-state index in [4.69, 9.17) is 11.5 Å². The summed E-state index contributed by atoms with van der Waals surface area (Å²) >= 11 is 0. The Kier molecular flexibility index (Phi) is 20.4. The van der Waals surface area contributed by atoms with Crippen LogP contribution < -0.4 is 0 Å². The number of benzene rings is 4. The molecule has 6 radical (unpaired) electrons. The zero-order valence-corrected chi connectivity index (χ0v) is 39.6. The summed E-state index contributed by atoms with van der Waals surface area (Å²) in [6.07, 6.45) is 0. The predicted molar refractivity (Wildman–Crippen MR) is 130 cm³/mol. The van der Waals surface area contributed by atoms with Gasteiger partial charge in [-0.1, -0.05) is 11.6 Å². The Bertz CT molecular complexity index is 1410. The van der Waals surface area contributed by atoms with Crippen molar-refractivity contribution in [3.05, 3.63) is 67.6 Å². The molecule has 0 aromatic heterocycles. The third kappa shape index (κ3) is 6.93. The standard InChI is InChI=1S/C27H30N2.6Y/c1-11-14(4)18(8)26-22(15(11)5)20-10-21(28)24-16(6)12(2)13(3)17(7)25(24)23(20)19(9)27(26)29;;;;;;/h10,28-29H,1-9H3;;;;;;/q-2;;;;;;. The van der Waals surface area contributed by atoms with Gasteiger partial charge in [-0.2, -0.15) is 0 Å². The second kappa shape index (κ2) is 16.5. The number of hydrogen-bond donors (Lipinski definition) is 0. The summed E-state index contributed by atoms with van der Waals surface area (Å²) in [6, 6.07) is 2.05. The molecule has 0 aliphatic heterocycles. The van der Waals surface area contributed by atoms with E-state index in [0.29, 0.717) is 11.4 Å². The van der Waals surface area contributed by atoms with Gasteiger partial charge < -0.3 is 11.5 Å². The molecule has 8 heteroatoms. The first-order valence-electron chi connectivity index (χ1n) is 10.3. The molecule has 168 valence electrons. The molecule has 0 saturated heterocycles. The Labute approximate surface area is 362 Å². The van der Waals surface area contributed by atoms with Crippen molar-refractivity contribution in [1.82, 2.24) is 0 Å². The van der Waals surface area contributed by atoms with Gasteiger partial charge in [-0.25, -0.2) is 0 Å². The molecule has 0 aliphatic rings. The predicted octanol–water partition coefficient (Wildman–Crippen LogP) is 9.27. The third-order valence-electron chi connectivity index (χ3n) is 7.72. The van der Waals surface area contributed by atoms with Gasteiger partial charge in [-0.15, -0.1) is 11.4 Å². The van der Waals surface area contributed by atoms with Gasteiger partial charge >= 0.3 is 0 Å². The Hall–Kier alpha value is 3.88. The second-order valence-electron chi connectivity index (χ2n) is 8.85. The monoisotopic (exact) mass is 916 g/mol. The van der Waals surface area contributed by atoms with E-state index in [1.165, 1.54) is 44.5 Å². The number of nitrogens with one attached hydrogen (secondary N) is 2. The van der Waals surface area contributed by atoms with E-state index in [9.17, 15) is 0 Å². The molecule has 0 amide bonds. The molecular weight excluding hydrogens is 886 g/mol. The van der Waals surface area contributed by atoms with Gasteiger partial charge in [0.25, 0.3) is 0 Å². The average Bonchev–Trinajstić information content (AvgIpc) is 2.69. The van der Waals surface area contributed by atoms with Crippen molar-refractivity contribution in [3.63, 3.8) is 0 Å². The zero-order chi connectivity index (χ0) is 21.5. The average molecular weight is 916 g/mol. The molecule has 4 rings (SSSR count). The van der Waals surface area contributed by atoms with Gasteiger partial charge in [0.05, 0.1) is 0 Å². The molecule has 2 N–H and O–H groups in total. The van der Waals surface area contributed by atoms with Crippen molar-refractivity contribution in [2.75, 3.05) is 0 Å². The summed E-state index contributed by atoms with van der Waals surface area (Å²) < 4.78 is 0. The minimum Gasteiger partial charge on any atom is -0.698 e. The summed E-state index contributed by atoms with van der Waals surface area (Å²) in [6.45, 7) is 19.4. The zero-order valence-electron chi connectivity index (χ0n) is 22.5. The maximum Gasteiger partial charge on any atom is 0 e. The molecule has 0 aliphatic carbocycles. The van der Waals surface area contributed by atoms with Gasteiger partial charge in [0, 0.05) is 196 Å². The van der Waals surface area contributed by atoms with E-state index in [2.05, 4.69) is 68.4 Å². The number of aryl methyl sites for hydroxylation is 5. The van der Waals surface area contributed by atoms with E-state index >= 15 is 0 Å². The fourth-order valence-electron chi connectivity index (χ4n) is 5.25. The van der Waals surface area contributed by atoms with Crippen molar-refractivity contribution < 1.29 is 196 Å². The van der Waals surface area contributed by atoms with Crippen molar-refractivity contribution in [3.8, 4) is 0 Å². The molecule has 35 heavy (non-hydrogen) atoms. The van der Waals surface area contributed by atoms with Gasteiger partial charge in [0.2, 0.25) is 0 Å². The smallest absolute Gasteiger partial charge is 0 e. The molecular formula is C27H30N2Y6-2. The molecule has 0 spiro atoms. The maximum absolute atomic E-state index is 9.08. The molecule has 0 unspecified atom stereocenters. The Balaban J connectivity index is -0.00000171. The summed E-state index contributed by atoms with van der Waals surface area (Å²) in [5, 5.41) is 6.69. The molecule has 4 aromatic rings. The summed E-state index contributed by atoms with van der Waals surface area (Å²) in [5.74, 6) is 0. The fraction of sp³-hybridized carbons (Fsp3) is 0.333. The van der Waals surface area contributed by atoms with Crippen LogP contribution in [0.2, 0.25) is 0 Å². The molecule has 0 heterocycles. The van der Waals surface area contributed by atoms with Crippen molar-refractivity contribution >= 4 is 43.7 Å². The minimum absolute atomic E-state index is 0. The minimum atomic E-state index is 0. The van der Waals surface area contributed by atoms with Crippen LogP contribution in [0.25, 0.3) is 43.8 Å². The van der Waals surface area contributed by atoms with Crippen LogP contribution in [-0.2, 0) is 196 Å². The van der Waals surface area contributed by atoms with E-state index < -0.39 is 0 Å². The van der Waals surface area contributed by atoms with Crippen LogP contribution in [0.15, 0.2) is 6.07 Å². The fourth-order valence-corrected chi connectivity index (χ4v) is 5.25. The van der Waals surface area contributed by atoms with E-state index in [1.54, 1.807) is 0 Å². The molecule has 0 atom stereocenters. The van der Waals surface area contributed by atoms with E-state index in [1.807, 2.05) is 0 Å². The first kappa shape index (κ1) is 43.3. The van der Waals surface area contributed by atoms with E-state index in [0.717, 1.165) is 37.9 Å². The van der Waals surface area contributed by atoms with Crippen molar-refractivity contribution in [2.45, 2.75) is 62.3 Å². The van der Waals surface area contributed by atoms with Gasteiger partial charge in [-0.3, -0.25) is 0 Å². The van der Waals surface area contributed by atoms with Gasteiger partial charge in [0.1, 0.15) is 0 Å². The van der Waals surface area contributed by atoms with Crippen molar-refractivity contribution in [1.29, 1.82) is 0 Å². The maximum atomic E-state index is 9.08. The van der Waals surface area contributed by atoms with Crippen LogP contribution in [0.5, 0.6) is 0 Å². The van der Waals surface area contributed by atoms with Crippen LogP contribution in [-0.4, -0.2) is 0 Å². The molecule has 0 fully saturated rings. The normalized spacial score (nSPS) is 9.86. The second-order valence-corrected chi connectivity index (χ2v) is 8.85. The summed E-state index contributed by atoms with van der Waals surface area (Å²) in [5.41, 5.74) is 30.2. The molecule has 0 bridgehead atoms. The summed E-state index contributed by atoms with van der Waals surface area (Å²) in [7, 11) is 0. The van der Waals surface area contributed by atoms with Gasteiger partial charge in [0.15, 0.2) is 0 Å². The summed E-state index contributed by atoms with van der Waals surface area (Å²) in [4.78, 5) is 0. The quantitative estimate of drug-likeness (QED) is 0.158. The van der Waals surface area contributed by atoms with Crippen LogP contribution in [0, 0.1) is 62.3 Å². The van der Waals surface area contributed by atoms with Crippen LogP contribution >= 0.6 is 0 Å². The largest absolute Gasteiger partial charge is 0.698 e. The Morgan fingerprint density at radius 3 is 1.11 bits per heavy atom. The Morgan fingerprint density at radius 1 is 0.371 bits per heavy atom. The number of rotatable bonds is 0. The molecule has 0 saturated carbocycles. The van der Waals surface area contributed by atoms with Crippen LogP contribution in [0.3, 0.4) is 0 Å². The Morgan fingerprint density at radius 2 is 0.686 bits per heavy atom. The van der Waals surface area contributed by atoms with E-state index in [-0.39, 0.29) is 196 Å². The topological polar surface area (TPSA) is 47.6 Å². The van der Waals surface area contributed by atoms with Crippen molar-refractivity contribution in [2.24, 2.45) is 0 Å². The molecule has 4 aromatic carbocycles. The first-order chi connectivity index (χ1) is 13.5. The number of fused-ring (bicyclic) bond motifs is 5. The van der Waals surface area contributed by atoms with Crippen LogP contribution in [0.1, 0.15) is 50.1 Å². The van der Waals surface area contributed by atoms with Crippen LogP contribution in [0.4, 0.5) is 11.4 Å². The van der Waals surface area contributed by atoms with Gasteiger partial charge in [-0.05, 0) is 139 Å².